The van der Waals surface area contributed by atoms with Gasteiger partial charge in [0.25, 0.3) is 0 Å². The van der Waals surface area contributed by atoms with Crippen molar-refractivity contribution in [1.29, 1.82) is 0 Å². The second-order valence-corrected chi connectivity index (χ2v) is 5.50. The molecule has 0 heterocycles. The smallest absolute Gasteiger partial charge is 0.237 e. The number of nitrogens with two attached hydrogens (primary N) is 1. The number of rotatable bonds is 8. The number of hydrogen-bond donors (Lipinski definition) is 2. The Balaban J connectivity index is 2.31. The van der Waals surface area contributed by atoms with Crippen LogP contribution in [0.5, 0.6) is 5.75 Å². The van der Waals surface area contributed by atoms with Gasteiger partial charge in [0.15, 0.2) is 0 Å². The van der Waals surface area contributed by atoms with Gasteiger partial charge in [-0.2, -0.15) is 0 Å². The minimum Gasteiger partial charge on any atom is -0.494 e. The van der Waals surface area contributed by atoms with Crippen LogP contribution in [0.4, 0.5) is 0 Å². The fourth-order valence-corrected chi connectivity index (χ4v) is 1.95. The summed E-state index contributed by atoms with van der Waals surface area (Å²) in [7, 11) is 1.76. The summed E-state index contributed by atoms with van der Waals surface area (Å²) in [5.74, 6) is 0.592. The molecule has 0 aliphatic heterocycles. The number of nitrogens with one attached hydrogen (secondary N) is 1. The number of benzene rings is 1. The molecule has 0 saturated carbocycles. The van der Waals surface area contributed by atoms with Crippen LogP contribution in [0.2, 0.25) is 0 Å². The van der Waals surface area contributed by atoms with Gasteiger partial charge in [-0.3, -0.25) is 4.79 Å². The maximum atomic E-state index is 11.3. The first-order valence-corrected chi connectivity index (χ1v) is 7.08. The van der Waals surface area contributed by atoms with Crippen molar-refractivity contribution in [3.63, 3.8) is 0 Å². The maximum Gasteiger partial charge on any atom is 0.237 e. The van der Waals surface area contributed by atoms with E-state index in [1.807, 2.05) is 13.0 Å². The van der Waals surface area contributed by atoms with Crippen molar-refractivity contribution in [1.82, 2.24) is 5.32 Å². The van der Waals surface area contributed by atoms with Gasteiger partial charge in [0.05, 0.1) is 12.1 Å². The molecule has 4 heteroatoms. The van der Waals surface area contributed by atoms with Crippen molar-refractivity contribution >= 4 is 5.91 Å². The van der Waals surface area contributed by atoms with E-state index in [0.717, 1.165) is 25.0 Å². The first-order valence-electron chi connectivity index (χ1n) is 7.08. The van der Waals surface area contributed by atoms with Crippen molar-refractivity contribution in [2.45, 2.75) is 45.6 Å². The van der Waals surface area contributed by atoms with Gasteiger partial charge in [0, 0.05) is 0 Å². The van der Waals surface area contributed by atoms with Crippen molar-refractivity contribution in [3.05, 3.63) is 29.3 Å². The first kappa shape index (κ1) is 16.5. The lowest BCUT2D eigenvalue weighted by molar-refractivity contribution is -0.123. The van der Waals surface area contributed by atoms with Crippen molar-refractivity contribution in [3.8, 4) is 5.75 Å². The van der Waals surface area contributed by atoms with Crippen molar-refractivity contribution in [2.75, 3.05) is 13.7 Å². The zero-order valence-corrected chi connectivity index (χ0v) is 13.0. The lowest BCUT2D eigenvalue weighted by Crippen LogP contribution is -2.51. The zero-order chi connectivity index (χ0) is 15.2. The normalized spacial score (nSPS) is 13.8. The van der Waals surface area contributed by atoms with E-state index in [1.54, 1.807) is 7.05 Å². The number of carbonyl (C=O) groups excluding carboxylic acids is 1. The van der Waals surface area contributed by atoms with Gasteiger partial charge in [-0.25, -0.2) is 0 Å². The number of aryl methyl sites for hydroxylation is 2. The van der Waals surface area contributed by atoms with Crippen LogP contribution in [-0.4, -0.2) is 25.1 Å². The van der Waals surface area contributed by atoms with Gasteiger partial charge in [-0.15, -0.1) is 0 Å². The van der Waals surface area contributed by atoms with E-state index in [2.05, 4.69) is 31.3 Å². The fraction of sp³-hybridized carbons (Fsp3) is 0.562. The number of carbonyl (C=O) groups is 1. The summed E-state index contributed by atoms with van der Waals surface area (Å²) < 4.78 is 5.71. The SMILES string of the molecule is CNC(C)(CCCCOc1ccc(C)c(C)c1)C(N)=O. The van der Waals surface area contributed by atoms with E-state index in [0.29, 0.717) is 6.61 Å². The van der Waals surface area contributed by atoms with Crippen LogP contribution in [0, 0.1) is 13.8 Å². The highest BCUT2D eigenvalue weighted by Crippen LogP contribution is 2.17. The molecular formula is C16H26N2O2. The molecule has 0 spiro atoms. The monoisotopic (exact) mass is 278 g/mol. The van der Waals surface area contributed by atoms with Crippen LogP contribution < -0.4 is 15.8 Å². The van der Waals surface area contributed by atoms with Crippen LogP contribution in [0.3, 0.4) is 0 Å². The molecule has 4 nitrogen and oxygen atoms in total. The highest BCUT2D eigenvalue weighted by atomic mass is 16.5. The van der Waals surface area contributed by atoms with E-state index < -0.39 is 5.54 Å². The Hall–Kier alpha value is -1.55. The molecule has 20 heavy (non-hydrogen) atoms. The van der Waals surface area contributed by atoms with E-state index in [-0.39, 0.29) is 5.91 Å². The Bertz CT molecular complexity index is 460. The Morgan fingerprint density at radius 3 is 2.55 bits per heavy atom. The molecular weight excluding hydrogens is 252 g/mol. The average molecular weight is 278 g/mol. The molecule has 0 aromatic heterocycles. The Morgan fingerprint density at radius 2 is 2.00 bits per heavy atom. The number of ether oxygens (including phenoxy) is 1. The minimum atomic E-state index is -0.625. The van der Waals surface area contributed by atoms with Gasteiger partial charge in [-0.1, -0.05) is 6.07 Å². The molecule has 1 aromatic rings. The average Bonchev–Trinajstić information content (AvgIpc) is 2.41. The Labute approximate surface area is 121 Å². The number of amides is 1. The molecule has 1 unspecified atom stereocenters. The lowest BCUT2D eigenvalue weighted by atomic mass is 9.94. The largest absolute Gasteiger partial charge is 0.494 e. The third kappa shape index (κ3) is 4.53. The summed E-state index contributed by atoms with van der Waals surface area (Å²) in [6.45, 7) is 6.65. The van der Waals surface area contributed by atoms with E-state index in [1.165, 1.54) is 11.1 Å². The molecule has 112 valence electrons. The summed E-state index contributed by atoms with van der Waals surface area (Å²) >= 11 is 0. The van der Waals surface area contributed by atoms with Gasteiger partial charge >= 0.3 is 0 Å². The molecule has 0 fully saturated rings. The van der Waals surface area contributed by atoms with E-state index in [4.69, 9.17) is 10.5 Å². The second kappa shape index (κ2) is 7.29. The number of unbranched alkanes of at least 4 members (excludes halogenated alkanes) is 1. The summed E-state index contributed by atoms with van der Waals surface area (Å²) in [5, 5.41) is 2.98. The van der Waals surface area contributed by atoms with E-state index >= 15 is 0 Å². The van der Waals surface area contributed by atoms with Crippen molar-refractivity contribution < 1.29 is 9.53 Å². The summed E-state index contributed by atoms with van der Waals surface area (Å²) in [4.78, 5) is 11.3. The van der Waals surface area contributed by atoms with Gasteiger partial charge in [0.2, 0.25) is 5.91 Å². The first-order chi connectivity index (χ1) is 9.39. The van der Waals surface area contributed by atoms with Crippen LogP contribution in [0.15, 0.2) is 18.2 Å². The summed E-state index contributed by atoms with van der Waals surface area (Å²) in [5.41, 5.74) is 7.26. The highest BCUT2D eigenvalue weighted by Gasteiger charge is 2.27. The van der Waals surface area contributed by atoms with Gasteiger partial charge in [-0.05, 0) is 70.3 Å². The lowest BCUT2D eigenvalue weighted by Gasteiger charge is -2.25. The summed E-state index contributed by atoms with van der Waals surface area (Å²) in [6.07, 6.45) is 2.51. The Kier molecular flexibility index (Phi) is 6.02. The van der Waals surface area contributed by atoms with E-state index in [9.17, 15) is 4.79 Å². The number of likely N-dealkylation sites (N-methyl/N-ethyl adjacent to an activating group) is 1. The van der Waals surface area contributed by atoms with Crippen LogP contribution in [-0.2, 0) is 4.79 Å². The fourth-order valence-electron chi connectivity index (χ4n) is 1.95. The highest BCUT2D eigenvalue weighted by molar-refractivity contribution is 5.84. The number of hydrogen-bond acceptors (Lipinski definition) is 3. The molecule has 1 atom stereocenters. The second-order valence-electron chi connectivity index (χ2n) is 5.50. The third-order valence-electron chi connectivity index (χ3n) is 3.91. The van der Waals surface area contributed by atoms with Crippen molar-refractivity contribution in [2.24, 2.45) is 5.73 Å². The third-order valence-corrected chi connectivity index (χ3v) is 3.91. The summed E-state index contributed by atoms with van der Waals surface area (Å²) in [6, 6.07) is 6.11. The van der Waals surface area contributed by atoms with Crippen LogP contribution >= 0.6 is 0 Å². The van der Waals surface area contributed by atoms with Crippen LogP contribution in [0.25, 0.3) is 0 Å². The van der Waals surface area contributed by atoms with Gasteiger partial charge < -0.3 is 15.8 Å². The topological polar surface area (TPSA) is 64.3 Å². The molecule has 0 saturated heterocycles. The predicted octanol–water partition coefficient (Wildman–Crippen LogP) is 2.32. The van der Waals surface area contributed by atoms with Crippen LogP contribution in [0.1, 0.15) is 37.3 Å². The zero-order valence-electron chi connectivity index (χ0n) is 13.0. The molecule has 0 radical (unpaired) electrons. The molecule has 1 amide bonds. The maximum absolute atomic E-state index is 11.3. The molecule has 0 aliphatic carbocycles. The molecule has 1 rings (SSSR count). The molecule has 0 aliphatic rings. The molecule has 1 aromatic carbocycles. The standard InChI is InChI=1S/C16H26N2O2/c1-12-7-8-14(11-13(12)2)20-10-6-5-9-16(3,18-4)15(17)19/h7-8,11,18H,5-6,9-10H2,1-4H3,(H2,17,19). The predicted molar refractivity (Wildman–Crippen MR) is 81.9 cm³/mol. The molecule has 0 bridgehead atoms. The number of primary amides is 1. The van der Waals surface area contributed by atoms with Gasteiger partial charge in [0.1, 0.15) is 5.75 Å². The Morgan fingerprint density at radius 1 is 1.30 bits per heavy atom. The minimum absolute atomic E-state index is 0.310. The quantitative estimate of drug-likeness (QED) is 0.717. The molecule has 3 N–H and O–H groups in total.